The standard InChI is InChI=1S/C35H33N7/c1-25-8-7-11-31(24-25)36-34-22-23-35(33-13-6-5-12-32(33)34)42-41-30-20-18-29(19-21-30)40-39-28-16-14-27(15-17-28)38-37-26-9-3-2-4-10-26/h2-6,9-10,12-23,25,31,36H,7-8,11,24H2,1H3. The smallest absolute Gasteiger partial charge is 0.0936 e. The Labute approximate surface area is 246 Å². The van der Waals surface area contributed by atoms with Gasteiger partial charge >= 0.3 is 0 Å². The molecule has 0 aromatic heterocycles. The van der Waals surface area contributed by atoms with Crippen molar-refractivity contribution >= 4 is 50.6 Å². The Morgan fingerprint density at radius 3 is 1.57 bits per heavy atom. The van der Waals surface area contributed by atoms with E-state index in [1.165, 1.54) is 36.8 Å². The van der Waals surface area contributed by atoms with Crippen LogP contribution in [0, 0.1) is 5.92 Å². The summed E-state index contributed by atoms with van der Waals surface area (Å²) in [6.07, 6.45) is 5.07. The number of benzene rings is 5. The molecule has 1 aliphatic rings. The number of azo groups is 3. The van der Waals surface area contributed by atoms with E-state index in [0.717, 1.165) is 45.4 Å². The molecule has 0 heterocycles. The van der Waals surface area contributed by atoms with Crippen LogP contribution in [0.2, 0.25) is 0 Å². The van der Waals surface area contributed by atoms with Crippen LogP contribution >= 0.6 is 0 Å². The molecule has 1 fully saturated rings. The highest BCUT2D eigenvalue weighted by Crippen LogP contribution is 2.35. The van der Waals surface area contributed by atoms with Crippen LogP contribution in [0.25, 0.3) is 10.8 Å². The first-order valence-electron chi connectivity index (χ1n) is 14.5. The lowest BCUT2D eigenvalue weighted by Gasteiger charge is -2.28. The van der Waals surface area contributed by atoms with Gasteiger partial charge < -0.3 is 5.32 Å². The summed E-state index contributed by atoms with van der Waals surface area (Å²) < 4.78 is 0. The van der Waals surface area contributed by atoms with Crippen molar-refractivity contribution in [1.29, 1.82) is 0 Å². The maximum atomic E-state index is 4.60. The van der Waals surface area contributed by atoms with Crippen molar-refractivity contribution in [3.8, 4) is 0 Å². The molecule has 1 aliphatic carbocycles. The molecule has 7 heteroatoms. The number of nitrogens with one attached hydrogen (secondary N) is 1. The van der Waals surface area contributed by atoms with Gasteiger partial charge in [0.2, 0.25) is 0 Å². The quantitative estimate of drug-likeness (QED) is 0.191. The van der Waals surface area contributed by atoms with Gasteiger partial charge in [-0.15, -0.1) is 5.11 Å². The second-order valence-electron chi connectivity index (χ2n) is 10.8. The van der Waals surface area contributed by atoms with Gasteiger partial charge in [-0.25, -0.2) is 0 Å². The number of nitrogens with zero attached hydrogens (tertiary/aromatic N) is 6. The van der Waals surface area contributed by atoms with Gasteiger partial charge in [0, 0.05) is 22.5 Å². The normalized spacial score (nSPS) is 17.5. The molecule has 0 aliphatic heterocycles. The minimum atomic E-state index is 0.524. The number of anilines is 1. The average Bonchev–Trinajstić information content (AvgIpc) is 3.04. The lowest BCUT2D eigenvalue weighted by atomic mass is 9.87. The van der Waals surface area contributed by atoms with E-state index in [4.69, 9.17) is 0 Å². The zero-order valence-electron chi connectivity index (χ0n) is 23.6. The number of hydrogen-bond donors (Lipinski definition) is 1. The van der Waals surface area contributed by atoms with Gasteiger partial charge in [-0.05, 0) is 91.6 Å². The van der Waals surface area contributed by atoms with Gasteiger partial charge in [0.25, 0.3) is 0 Å². The highest BCUT2D eigenvalue weighted by Gasteiger charge is 2.19. The molecule has 42 heavy (non-hydrogen) atoms. The molecule has 0 saturated heterocycles. The van der Waals surface area contributed by atoms with Crippen molar-refractivity contribution in [2.75, 3.05) is 5.32 Å². The SMILES string of the molecule is CC1CCCC(Nc2ccc(N=Nc3ccc(N=Nc4ccc(N=Nc5ccccc5)cc4)cc3)c3ccccc23)C1. The minimum absolute atomic E-state index is 0.524. The minimum Gasteiger partial charge on any atom is -0.382 e. The first-order chi connectivity index (χ1) is 20.7. The van der Waals surface area contributed by atoms with Crippen LogP contribution in [0.3, 0.4) is 0 Å². The lowest BCUT2D eigenvalue weighted by Crippen LogP contribution is -2.26. The van der Waals surface area contributed by atoms with Gasteiger partial charge in [0.1, 0.15) is 0 Å². The summed E-state index contributed by atoms with van der Waals surface area (Å²) in [6.45, 7) is 2.35. The molecule has 1 N–H and O–H groups in total. The Bertz CT molecular complexity index is 1710. The molecule has 2 unspecified atom stereocenters. The van der Waals surface area contributed by atoms with Crippen LogP contribution in [0.4, 0.5) is 39.8 Å². The Hall–Kier alpha value is -5.04. The van der Waals surface area contributed by atoms with E-state index in [1.54, 1.807) is 0 Å². The van der Waals surface area contributed by atoms with Gasteiger partial charge in [0.05, 0.1) is 34.1 Å². The van der Waals surface area contributed by atoms with E-state index in [9.17, 15) is 0 Å². The molecule has 0 bridgehead atoms. The van der Waals surface area contributed by atoms with Gasteiger partial charge in [-0.1, -0.05) is 62.2 Å². The summed E-state index contributed by atoms with van der Waals surface area (Å²) >= 11 is 0. The summed E-state index contributed by atoms with van der Waals surface area (Å²) in [7, 11) is 0. The van der Waals surface area contributed by atoms with Crippen LogP contribution in [0.15, 0.2) is 146 Å². The first kappa shape index (κ1) is 27.1. The van der Waals surface area contributed by atoms with Crippen LogP contribution in [0.5, 0.6) is 0 Å². The molecule has 7 nitrogen and oxygen atoms in total. The fourth-order valence-electron chi connectivity index (χ4n) is 5.29. The molecule has 1 saturated carbocycles. The Kier molecular flexibility index (Phi) is 8.46. The molecule has 2 atom stereocenters. The second-order valence-corrected chi connectivity index (χ2v) is 10.8. The Balaban J connectivity index is 1.10. The summed E-state index contributed by atoms with van der Waals surface area (Å²) in [5.74, 6) is 0.776. The molecule has 0 spiro atoms. The number of fused-ring (bicyclic) bond motifs is 1. The average molecular weight is 552 g/mol. The van der Waals surface area contributed by atoms with E-state index in [-0.39, 0.29) is 0 Å². The molecule has 5 aromatic carbocycles. The largest absolute Gasteiger partial charge is 0.382 e. The van der Waals surface area contributed by atoms with Crippen molar-refractivity contribution in [3.05, 3.63) is 115 Å². The van der Waals surface area contributed by atoms with E-state index in [0.29, 0.717) is 6.04 Å². The second kappa shape index (κ2) is 13.1. The first-order valence-corrected chi connectivity index (χ1v) is 14.5. The molecule has 5 aromatic rings. The predicted molar refractivity (Wildman–Crippen MR) is 171 cm³/mol. The topological polar surface area (TPSA) is 86.2 Å². The van der Waals surface area contributed by atoms with Gasteiger partial charge in [-0.3, -0.25) is 0 Å². The summed E-state index contributed by atoms with van der Waals surface area (Å²) in [6, 6.07) is 37.8. The van der Waals surface area contributed by atoms with Crippen molar-refractivity contribution in [2.45, 2.75) is 38.6 Å². The van der Waals surface area contributed by atoms with E-state index in [2.05, 4.69) is 79.3 Å². The highest BCUT2D eigenvalue weighted by atomic mass is 15.1. The van der Waals surface area contributed by atoms with E-state index >= 15 is 0 Å². The van der Waals surface area contributed by atoms with E-state index < -0.39 is 0 Å². The molecule has 0 radical (unpaired) electrons. The van der Waals surface area contributed by atoms with Crippen molar-refractivity contribution < 1.29 is 0 Å². The summed E-state index contributed by atoms with van der Waals surface area (Å²) in [5, 5.41) is 32.4. The summed E-state index contributed by atoms with van der Waals surface area (Å²) in [4.78, 5) is 0. The third kappa shape index (κ3) is 6.99. The van der Waals surface area contributed by atoms with Gasteiger partial charge in [0.15, 0.2) is 0 Å². The maximum Gasteiger partial charge on any atom is 0.0936 e. The van der Waals surface area contributed by atoms with Crippen molar-refractivity contribution in [1.82, 2.24) is 0 Å². The molecule has 208 valence electrons. The molecule has 6 rings (SSSR count). The molecular formula is C35H33N7. The monoisotopic (exact) mass is 551 g/mol. The van der Waals surface area contributed by atoms with Gasteiger partial charge in [-0.2, -0.15) is 25.6 Å². The number of rotatable bonds is 8. The highest BCUT2D eigenvalue weighted by molar-refractivity contribution is 6.00. The summed E-state index contributed by atoms with van der Waals surface area (Å²) in [5.41, 5.74) is 5.81. The van der Waals surface area contributed by atoms with Crippen LogP contribution in [-0.4, -0.2) is 6.04 Å². The molecule has 0 amide bonds. The van der Waals surface area contributed by atoms with E-state index in [1.807, 2.05) is 78.9 Å². The zero-order valence-corrected chi connectivity index (χ0v) is 23.6. The van der Waals surface area contributed by atoms with Crippen LogP contribution in [-0.2, 0) is 0 Å². The van der Waals surface area contributed by atoms with Crippen LogP contribution in [0.1, 0.15) is 32.6 Å². The Morgan fingerprint density at radius 2 is 1.00 bits per heavy atom. The lowest BCUT2D eigenvalue weighted by molar-refractivity contribution is 0.359. The Morgan fingerprint density at radius 1 is 0.500 bits per heavy atom. The number of hydrogen-bond acceptors (Lipinski definition) is 7. The zero-order chi connectivity index (χ0) is 28.6. The third-order valence-corrected chi connectivity index (χ3v) is 7.49. The predicted octanol–water partition coefficient (Wildman–Crippen LogP) is 12.1. The fraction of sp³-hybridized carbons (Fsp3) is 0.200. The fourth-order valence-corrected chi connectivity index (χ4v) is 5.29. The third-order valence-electron chi connectivity index (χ3n) is 7.49. The van der Waals surface area contributed by atoms with Crippen LogP contribution < -0.4 is 5.32 Å². The van der Waals surface area contributed by atoms with Crippen molar-refractivity contribution in [2.24, 2.45) is 36.6 Å². The molecular weight excluding hydrogens is 518 g/mol. The maximum absolute atomic E-state index is 4.60. The van der Waals surface area contributed by atoms with Crippen molar-refractivity contribution in [3.63, 3.8) is 0 Å².